The molecule has 0 heterocycles. The molecular formula is C20H26O2. The van der Waals surface area contributed by atoms with Crippen molar-refractivity contribution in [1.82, 2.24) is 0 Å². The monoisotopic (exact) mass is 298 g/mol. The maximum atomic E-state index is 12.6. The Bertz CT molecular complexity index is 626. The number of fused-ring (bicyclic) bond motifs is 1. The van der Waals surface area contributed by atoms with Crippen LogP contribution in [0, 0.1) is 17.3 Å². The van der Waals surface area contributed by atoms with E-state index in [0.717, 1.165) is 30.4 Å². The lowest BCUT2D eigenvalue weighted by Gasteiger charge is -2.39. The van der Waals surface area contributed by atoms with Crippen molar-refractivity contribution < 1.29 is 9.59 Å². The molecule has 0 N–H and O–H groups in total. The van der Waals surface area contributed by atoms with E-state index in [4.69, 9.17) is 0 Å². The van der Waals surface area contributed by atoms with E-state index in [-0.39, 0.29) is 17.5 Å². The van der Waals surface area contributed by atoms with E-state index in [0.29, 0.717) is 23.3 Å². The van der Waals surface area contributed by atoms with Crippen molar-refractivity contribution in [3.63, 3.8) is 0 Å². The van der Waals surface area contributed by atoms with Crippen LogP contribution in [0.25, 0.3) is 0 Å². The topological polar surface area (TPSA) is 34.1 Å². The summed E-state index contributed by atoms with van der Waals surface area (Å²) in [7, 11) is 0. The minimum atomic E-state index is -0.275. The van der Waals surface area contributed by atoms with Crippen LogP contribution in [0.4, 0.5) is 0 Å². The van der Waals surface area contributed by atoms with Crippen molar-refractivity contribution >= 4 is 11.6 Å². The molecule has 0 fully saturated rings. The molecular weight excluding hydrogens is 272 g/mol. The second kappa shape index (κ2) is 5.33. The zero-order valence-electron chi connectivity index (χ0n) is 14.2. The smallest absolute Gasteiger partial charge is 0.229 e. The Morgan fingerprint density at radius 1 is 1.18 bits per heavy atom. The second-order valence-corrected chi connectivity index (χ2v) is 7.99. The molecule has 0 saturated heterocycles. The van der Waals surface area contributed by atoms with Crippen LogP contribution in [0.1, 0.15) is 59.8 Å². The summed E-state index contributed by atoms with van der Waals surface area (Å²) in [5, 5.41) is 0. The van der Waals surface area contributed by atoms with Crippen molar-refractivity contribution in [2.75, 3.05) is 0 Å². The average Bonchev–Trinajstić information content (AvgIpc) is 2.62. The normalized spacial score (nSPS) is 28.0. The Kier molecular flexibility index (Phi) is 3.74. The molecule has 0 amide bonds. The molecule has 0 aromatic heterocycles. The Balaban J connectivity index is 2.01. The van der Waals surface area contributed by atoms with Crippen molar-refractivity contribution in [2.24, 2.45) is 17.3 Å². The molecule has 3 aliphatic carbocycles. The third-order valence-electron chi connectivity index (χ3n) is 5.75. The SMILES string of the molecule is CC(C)C1=CC2=C(CC3=CCCC(C)(C)[C@@H]3CC2)C(=O)C1=O. The summed E-state index contributed by atoms with van der Waals surface area (Å²) in [4.78, 5) is 24.9. The van der Waals surface area contributed by atoms with Gasteiger partial charge >= 0.3 is 0 Å². The summed E-state index contributed by atoms with van der Waals surface area (Å²) in [5.41, 5.74) is 4.29. The molecule has 0 spiro atoms. The number of hydrogen-bond acceptors (Lipinski definition) is 2. The number of Topliss-reactive ketones (excluding diaryl/α,β-unsaturated/α-hetero) is 2. The molecule has 0 bridgehead atoms. The van der Waals surface area contributed by atoms with E-state index in [1.165, 1.54) is 12.0 Å². The molecule has 22 heavy (non-hydrogen) atoms. The summed E-state index contributed by atoms with van der Waals surface area (Å²) in [6, 6.07) is 0. The molecule has 0 aliphatic heterocycles. The summed E-state index contributed by atoms with van der Waals surface area (Å²) < 4.78 is 0. The van der Waals surface area contributed by atoms with Crippen molar-refractivity contribution in [3.05, 3.63) is 34.4 Å². The zero-order valence-corrected chi connectivity index (χ0v) is 14.2. The van der Waals surface area contributed by atoms with Gasteiger partial charge in [0.25, 0.3) is 0 Å². The quantitative estimate of drug-likeness (QED) is 0.404. The Morgan fingerprint density at radius 3 is 2.59 bits per heavy atom. The molecule has 0 saturated carbocycles. The first-order valence-electron chi connectivity index (χ1n) is 8.53. The summed E-state index contributed by atoms with van der Waals surface area (Å²) in [5.74, 6) is 0.145. The fourth-order valence-electron chi connectivity index (χ4n) is 4.32. The lowest BCUT2D eigenvalue weighted by atomic mass is 9.66. The fourth-order valence-corrected chi connectivity index (χ4v) is 4.32. The minimum absolute atomic E-state index is 0.117. The molecule has 118 valence electrons. The molecule has 0 aromatic carbocycles. The second-order valence-electron chi connectivity index (χ2n) is 7.99. The van der Waals surface area contributed by atoms with Gasteiger partial charge in [-0.05, 0) is 54.9 Å². The van der Waals surface area contributed by atoms with Gasteiger partial charge in [0.05, 0.1) is 0 Å². The third-order valence-corrected chi connectivity index (χ3v) is 5.75. The highest BCUT2D eigenvalue weighted by molar-refractivity contribution is 6.50. The van der Waals surface area contributed by atoms with Gasteiger partial charge < -0.3 is 0 Å². The standard InChI is InChI=1S/C20H26O2/c1-12(2)15-10-13-7-8-17-14(6-5-9-20(17,3)4)11-16(13)19(22)18(15)21/h6,10,12,17H,5,7-9,11H2,1-4H3/t17-/m1/s1. The van der Waals surface area contributed by atoms with Crippen LogP contribution in [0.15, 0.2) is 34.4 Å². The van der Waals surface area contributed by atoms with Crippen LogP contribution in [0.3, 0.4) is 0 Å². The van der Waals surface area contributed by atoms with Gasteiger partial charge in [-0.15, -0.1) is 0 Å². The van der Waals surface area contributed by atoms with E-state index in [1.54, 1.807) is 0 Å². The number of rotatable bonds is 1. The van der Waals surface area contributed by atoms with Crippen molar-refractivity contribution in [1.29, 1.82) is 0 Å². The van der Waals surface area contributed by atoms with Crippen LogP contribution in [-0.2, 0) is 9.59 Å². The molecule has 0 radical (unpaired) electrons. The molecule has 2 nitrogen and oxygen atoms in total. The predicted octanol–water partition coefficient (Wildman–Crippen LogP) is 4.56. The van der Waals surface area contributed by atoms with Crippen LogP contribution in [0.5, 0.6) is 0 Å². The first-order chi connectivity index (χ1) is 10.3. The maximum absolute atomic E-state index is 12.6. The maximum Gasteiger partial charge on any atom is 0.229 e. The summed E-state index contributed by atoms with van der Waals surface area (Å²) >= 11 is 0. The first-order valence-corrected chi connectivity index (χ1v) is 8.53. The van der Waals surface area contributed by atoms with Crippen LogP contribution >= 0.6 is 0 Å². The van der Waals surface area contributed by atoms with Crippen LogP contribution in [-0.4, -0.2) is 11.6 Å². The highest BCUT2D eigenvalue weighted by atomic mass is 16.2. The Morgan fingerprint density at radius 2 is 1.91 bits per heavy atom. The van der Waals surface area contributed by atoms with Gasteiger partial charge in [-0.2, -0.15) is 0 Å². The van der Waals surface area contributed by atoms with Gasteiger partial charge in [0.2, 0.25) is 11.6 Å². The lowest BCUT2D eigenvalue weighted by molar-refractivity contribution is -0.132. The average molecular weight is 298 g/mol. The lowest BCUT2D eigenvalue weighted by Crippen LogP contribution is -2.29. The van der Waals surface area contributed by atoms with Gasteiger partial charge in [-0.3, -0.25) is 9.59 Å². The largest absolute Gasteiger partial charge is 0.285 e. The van der Waals surface area contributed by atoms with Gasteiger partial charge in [0.15, 0.2) is 0 Å². The highest BCUT2D eigenvalue weighted by Crippen LogP contribution is 2.48. The number of ketones is 2. The van der Waals surface area contributed by atoms with E-state index in [9.17, 15) is 9.59 Å². The first kappa shape index (κ1) is 15.5. The van der Waals surface area contributed by atoms with Gasteiger partial charge in [0, 0.05) is 11.1 Å². The Labute approximate surface area is 133 Å². The van der Waals surface area contributed by atoms with Crippen LogP contribution < -0.4 is 0 Å². The van der Waals surface area contributed by atoms with E-state index in [1.807, 2.05) is 19.9 Å². The number of allylic oxidation sites excluding steroid dienone is 6. The number of hydrogen-bond donors (Lipinski definition) is 0. The van der Waals surface area contributed by atoms with Gasteiger partial charge in [-0.1, -0.05) is 45.4 Å². The zero-order chi connectivity index (χ0) is 16.1. The van der Waals surface area contributed by atoms with Crippen molar-refractivity contribution in [2.45, 2.75) is 59.8 Å². The van der Waals surface area contributed by atoms with E-state index in [2.05, 4.69) is 19.9 Å². The van der Waals surface area contributed by atoms with E-state index >= 15 is 0 Å². The van der Waals surface area contributed by atoms with Gasteiger partial charge in [-0.25, -0.2) is 0 Å². The molecule has 1 atom stereocenters. The fraction of sp³-hybridized carbons (Fsp3) is 0.600. The minimum Gasteiger partial charge on any atom is -0.285 e. The molecule has 3 aliphatic rings. The third kappa shape index (κ3) is 2.43. The Hall–Kier alpha value is -1.44. The predicted molar refractivity (Wildman–Crippen MR) is 88.4 cm³/mol. The summed E-state index contributed by atoms with van der Waals surface area (Å²) in [6.45, 7) is 8.67. The van der Waals surface area contributed by atoms with Crippen LogP contribution in [0.2, 0.25) is 0 Å². The highest BCUT2D eigenvalue weighted by Gasteiger charge is 2.39. The summed E-state index contributed by atoms with van der Waals surface area (Å²) in [6.07, 6.45) is 9.37. The van der Waals surface area contributed by atoms with Crippen molar-refractivity contribution in [3.8, 4) is 0 Å². The number of carbonyl (C=O) groups excluding carboxylic acids is 2. The number of carbonyl (C=O) groups is 2. The molecule has 3 rings (SSSR count). The van der Waals surface area contributed by atoms with E-state index < -0.39 is 0 Å². The van der Waals surface area contributed by atoms with Gasteiger partial charge in [0.1, 0.15) is 0 Å². The molecule has 0 aromatic rings. The molecule has 0 unspecified atom stereocenters. The molecule has 2 heteroatoms.